The van der Waals surface area contributed by atoms with Crippen LogP contribution in [0.1, 0.15) is 35.8 Å². The van der Waals surface area contributed by atoms with Gasteiger partial charge in [0.25, 0.3) is 0 Å². The quantitative estimate of drug-likeness (QED) is 0.802. The van der Waals surface area contributed by atoms with Gasteiger partial charge in [0.1, 0.15) is 11.5 Å². The lowest BCUT2D eigenvalue weighted by molar-refractivity contribution is 0.391. The Morgan fingerprint density at radius 1 is 1.06 bits per heavy atom. The second-order valence-electron chi connectivity index (χ2n) is 4.88. The first-order valence-corrected chi connectivity index (χ1v) is 6.39. The zero-order chi connectivity index (χ0) is 12.7. The standard InChI is InChI=1S/C16H18O2/c1-4-5-10-11-6-7-12(10)16-14(18-3)9-8-13(17-2)15(11)16/h4-5,8-9,11-12H,1,6-7H2,2-3H3/t11-,12+. The number of fused-ring (bicyclic) bond motifs is 5. The van der Waals surface area contributed by atoms with Gasteiger partial charge in [-0.3, -0.25) is 0 Å². The molecule has 1 aromatic carbocycles. The van der Waals surface area contributed by atoms with Crippen LogP contribution in [0.15, 0.2) is 36.4 Å². The molecule has 1 fully saturated rings. The molecule has 0 unspecified atom stereocenters. The zero-order valence-corrected chi connectivity index (χ0v) is 10.9. The van der Waals surface area contributed by atoms with Crippen LogP contribution in [-0.2, 0) is 0 Å². The molecule has 0 aromatic heterocycles. The average molecular weight is 242 g/mol. The van der Waals surface area contributed by atoms with E-state index in [0.717, 1.165) is 11.5 Å². The molecule has 0 spiro atoms. The van der Waals surface area contributed by atoms with Crippen molar-refractivity contribution < 1.29 is 9.47 Å². The van der Waals surface area contributed by atoms with Gasteiger partial charge >= 0.3 is 0 Å². The highest BCUT2D eigenvalue weighted by molar-refractivity contribution is 5.64. The summed E-state index contributed by atoms with van der Waals surface area (Å²) in [5.74, 6) is 2.97. The first kappa shape index (κ1) is 11.4. The lowest BCUT2D eigenvalue weighted by atomic mass is 9.90. The highest BCUT2D eigenvalue weighted by atomic mass is 16.5. The minimum Gasteiger partial charge on any atom is -0.496 e. The van der Waals surface area contributed by atoms with E-state index in [9.17, 15) is 0 Å². The Morgan fingerprint density at radius 3 is 1.94 bits per heavy atom. The number of ether oxygens (including phenoxy) is 2. The van der Waals surface area contributed by atoms with Gasteiger partial charge in [-0.05, 0) is 25.0 Å². The Balaban J connectivity index is 2.23. The Morgan fingerprint density at radius 2 is 1.56 bits per heavy atom. The normalized spacial score (nSPS) is 26.2. The van der Waals surface area contributed by atoms with E-state index < -0.39 is 0 Å². The monoisotopic (exact) mass is 242 g/mol. The van der Waals surface area contributed by atoms with Gasteiger partial charge in [-0.25, -0.2) is 0 Å². The Kier molecular flexibility index (Phi) is 2.66. The number of rotatable bonds is 3. The van der Waals surface area contributed by atoms with Gasteiger partial charge in [0.05, 0.1) is 14.2 Å². The maximum absolute atomic E-state index is 5.53. The van der Waals surface area contributed by atoms with Crippen molar-refractivity contribution in [3.63, 3.8) is 0 Å². The van der Waals surface area contributed by atoms with Crippen LogP contribution in [-0.4, -0.2) is 14.2 Å². The molecule has 1 saturated carbocycles. The van der Waals surface area contributed by atoms with E-state index in [-0.39, 0.29) is 0 Å². The third-order valence-corrected chi connectivity index (χ3v) is 4.20. The van der Waals surface area contributed by atoms with Crippen molar-refractivity contribution in [2.75, 3.05) is 14.2 Å². The Bertz CT molecular complexity index is 487. The van der Waals surface area contributed by atoms with E-state index in [1.54, 1.807) is 14.2 Å². The molecule has 3 rings (SSSR count). The molecule has 94 valence electrons. The molecular weight excluding hydrogens is 224 g/mol. The molecule has 0 radical (unpaired) electrons. The van der Waals surface area contributed by atoms with Crippen LogP contribution in [0.3, 0.4) is 0 Å². The Hall–Kier alpha value is -1.70. The SMILES string of the molecule is C=CC=C1[C@H]2CC[C@@H]1c1c(OC)ccc(OC)c12. The summed E-state index contributed by atoms with van der Waals surface area (Å²) in [6.45, 7) is 3.83. The van der Waals surface area contributed by atoms with Gasteiger partial charge in [-0.15, -0.1) is 0 Å². The minimum absolute atomic E-state index is 0.494. The molecule has 2 bridgehead atoms. The first-order chi connectivity index (χ1) is 8.81. The number of methoxy groups -OCH3 is 2. The molecule has 0 heterocycles. The minimum atomic E-state index is 0.494. The molecule has 0 amide bonds. The molecule has 0 N–H and O–H groups in total. The highest BCUT2D eigenvalue weighted by Crippen LogP contribution is 2.61. The fourth-order valence-corrected chi connectivity index (χ4v) is 3.57. The predicted molar refractivity (Wildman–Crippen MR) is 72.5 cm³/mol. The van der Waals surface area contributed by atoms with E-state index in [0.29, 0.717) is 11.8 Å². The Labute approximate surface area is 108 Å². The second kappa shape index (κ2) is 4.20. The van der Waals surface area contributed by atoms with E-state index >= 15 is 0 Å². The number of benzene rings is 1. The van der Waals surface area contributed by atoms with Crippen molar-refractivity contribution >= 4 is 0 Å². The third-order valence-electron chi connectivity index (χ3n) is 4.20. The number of allylic oxidation sites excluding steroid dienone is 3. The summed E-state index contributed by atoms with van der Waals surface area (Å²) in [5, 5.41) is 0. The van der Waals surface area contributed by atoms with Gasteiger partial charge < -0.3 is 9.47 Å². The lowest BCUT2D eigenvalue weighted by Crippen LogP contribution is -2.03. The fourth-order valence-electron chi connectivity index (χ4n) is 3.57. The van der Waals surface area contributed by atoms with E-state index in [4.69, 9.17) is 9.47 Å². The van der Waals surface area contributed by atoms with Crippen LogP contribution in [0, 0.1) is 0 Å². The summed E-state index contributed by atoms with van der Waals surface area (Å²) >= 11 is 0. The maximum atomic E-state index is 5.53. The van der Waals surface area contributed by atoms with Crippen molar-refractivity contribution in [3.05, 3.63) is 47.6 Å². The topological polar surface area (TPSA) is 18.5 Å². The fraction of sp³-hybridized carbons (Fsp3) is 0.375. The largest absolute Gasteiger partial charge is 0.496 e. The molecule has 0 saturated heterocycles. The average Bonchev–Trinajstić information content (AvgIpc) is 2.94. The summed E-state index contributed by atoms with van der Waals surface area (Å²) < 4.78 is 11.1. The molecule has 2 nitrogen and oxygen atoms in total. The molecule has 2 heteroatoms. The summed E-state index contributed by atoms with van der Waals surface area (Å²) in [7, 11) is 3.48. The van der Waals surface area contributed by atoms with Crippen molar-refractivity contribution in [1.29, 1.82) is 0 Å². The van der Waals surface area contributed by atoms with E-state index in [1.807, 2.05) is 18.2 Å². The van der Waals surface area contributed by atoms with Crippen LogP contribution in [0.2, 0.25) is 0 Å². The summed E-state index contributed by atoms with van der Waals surface area (Å²) in [5.41, 5.74) is 4.14. The molecule has 2 aliphatic carbocycles. The molecule has 2 aliphatic rings. The first-order valence-electron chi connectivity index (χ1n) is 6.39. The van der Waals surface area contributed by atoms with Gasteiger partial charge in [-0.1, -0.05) is 24.3 Å². The van der Waals surface area contributed by atoms with Gasteiger partial charge in [0, 0.05) is 23.0 Å². The number of hydrogen-bond donors (Lipinski definition) is 0. The molecule has 2 atom stereocenters. The molecule has 0 aliphatic heterocycles. The van der Waals surface area contributed by atoms with Crippen molar-refractivity contribution in [2.45, 2.75) is 24.7 Å². The number of hydrogen-bond acceptors (Lipinski definition) is 2. The molecule has 1 aromatic rings. The summed E-state index contributed by atoms with van der Waals surface area (Å²) in [4.78, 5) is 0. The predicted octanol–water partition coefficient (Wildman–Crippen LogP) is 3.79. The maximum Gasteiger partial charge on any atom is 0.123 e. The highest BCUT2D eigenvalue weighted by Gasteiger charge is 2.44. The zero-order valence-electron chi connectivity index (χ0n) is 10.9. The van der Waals surface area contributed by atoms with Crippen molar-refractivity contribution in [1.82, 2.24) is 0 Å². The van der Waals surface area contributed by atoms with Gasteiger partial charge in [0.15, 0.2) is 0 Å². The van der Waals surface area contributed by atoms with E-state index in [2.05, 4.69) is 12.7 Å². The van der Waals surface area contributed by atoms with Crippen LogP contribution >= 0.6 is 0 Å². The smallest absolute Gasteiger partial charge is 0.123 e. The van der Waals surface area contributed by atoms with Crippen molar-refractivity contribution in [2.24, 2.45) is 0 Å². The second-order valence-corrected chi connectivity index (χ2v) is 4.88. The van der Waals surface area contributed by atoms with Crippen LogP contribution < -0.4 is 9.47 Å². The van der Waals surface area contributed by atoms with Crippen LogP contribution in [0.5, 0.6) is 11.5 Å². The van der Waals surface area contributed by atoms with Crippen molar-refractivity contribution in [3.8, 4) is 11.5 Å². The lowest BCUT2D eigenvalue weighted by Gasteiger charge is -2.20. The molecular formula is C16H18O2. The van der Waals surface area contributed by atoms with Crippen LogP contribution in [0.4, 0.5) is 0 Å². The van der Waals surface area contributed by atoms with E-state index in [1.165, 1.54) is 29.5 Å². The summed E-state index contributed by atoms with van der Waals surface area (Å²) in [6, 6.07) is 4.04. The van der Waals surface area contributed by atoms with Gasteiger partial charge in [0.2, 0.25) is 0 Å². The third kappa shape index (κ3) is 1.35. The molecule has 18 heavy (non-hydrogen) atoms. The van der Waals surface area contributed by atoms with Gasteiger partial charge in [-0.2, -0.15) is 0 Å². The summed E-state index contributed by atoms with van der Waals surface area (Å²) in [6.07, 6.45) is 6.48. The van der Waals surface area contributed by atoms with Crippen LogP contribution in [0.25, 0.3) is 0 Å².